The Morgan fingerprint density at radius 2 is 1.22 bits per heavy atom. The number of aromatic nitrogens is 2. The number of furan rings is 1. The highest BCUT2D eigenvalue weighted by Crippen LogP contribution is 2.37. The van der Waals surface area contributed by atoms with Gasteiger partial charge in [-0.05, 0) is 29.3 Å². The fraction of sp³-hybridized carbons (Fsp3) is 0. The van der Waals surface area contributed by atoms with Crippen LogP contribution in [0.15, 0.2) is 108 Å². The van der Waals surface area contributed by atoms with Crippen molar-refractivity contribution < 1.29 is 4.42 Å². The van der Waals surface area contributed by atoms with Crippen molar-refractivity contribution in [1.82, 2.24) is 9.97 Å². The molecule has 0 unspecified atom stereocenters. The minimum atomic E-state index is 0.715. The lowest BCUT2D eigenvalue weighted by Crippen LogP contribution is -1.95. The summed E-state index contributed by atoms with van der Waals surface area (Å²) in [5.74, 6) is 0. The topological polar surface area (TPSA) is 38.9 Å². The molecule has 152 valence electrons. The minimum Gasteiger partial charge on any atom is -0.456 e. The van der Waals surface area contributed by atoms with E-state index in [0.717, 1.165) is 44.5 Å². The molecule has 0 spiro atoms. The van der Waals surface area contributed by atoms with Gasteiger partial charge in [0.15, 0.2) is 3.83 Å². The molecule has 0 saturated carbocycles. The molecule has 0 atom stereocenters. The summed E-state index contributed by atoms with van der Waals surface area (Å²) in [6, 6.07) is 35.3. The van der Waals surface area contributed by atoms with Crippen LogP contribution in [0.3, 0.4) is 0 Å². The van der Waals surface area contributed by atoms with Gasteiger partial charge < -0.3 is 4.42 Å². The van der Waals surface area contributed by atoms with Crippen LogP contribution in [-0.2, 0) is 0 Å². The van der Waals surface area contributed by atoms with E-state index in [1.807, 2.05) is 36.4 Å². The van der Waals surface area contributed by atoms with Crippen molar-refractivity contribution in [1.29, 1.82) is 0 Å². The van der Waals surface area contributed by atoms with Gasteiger partial charge in [-0.3, -0.25) is 0 Å². The van der Waals surface area contributed by atoms with Crippen molar-refractivity contribution in [2.45, 2.75) is 0 Å². The van der Waals surface area contributed by atoms with Crippen molar-refractivity contribution in [3.05, 3.63) is 107 Å². The Balaban J connectivity index is 1.48. The van der Waals surface area contributed by atoms with Crippen LogP contribution in [0.2, 0.25) is 0 Å². The van der Waals surface area contributed by atoms with Crippen molar-refractivity contribution in [2.75, 3.05) is 0 Å². The number of hydrogen-bond donors (Lipinski definition) is 0. The van der Waals surface area contributed by atoms with Crippen LogP contribution >= 0.6 is 22.6 Å². The number of halogens is 1. The maximum atomic E-state index is 6.07. The number of hydrogen-bond acceptors (Lipinski definition) is 3. The third kappa shape index (κ3) is 3.37. The van der Waals surface area contributed by atoms with Crippen LogP contribution in [-0.4, -0.2) is 9.97 Å². The largest absolute Gasteiger partial charge is 0.456 e. The van der Waals surface area contributed by atoms with Crippen molar-refractivity contribution in [3.63, 3.8) is 0 Å². The quantitative estimate of drug-likeness (QED) is 0.174. The second-order valence-electron chi connectivity index (χ2n) is 7.63. The Hall–Kier alpha value is -3.51. The third-order valence-corrected chi connectivity index (χ3v) is 6.15. The van der Waals surface area contributed by atoms with Gasteiger partial charge in [0.2, 0.25) is 0 Å². The molecule has 4 aromatic carbocycles. The summed E-state index contributed by atoms with van der Waals surface area (Å²) in [5, 5.41) is 2.18. The van der Waals surface area contributed by atoms with Gasteiger partial charge in [0.25, 0.3) is 0 Å². The Bertz CT molecular complexity index is 1570. The zero-order valence-corrected chi connectivity index (χ0v) is 19.2. The SMILES string of the molecule is Ic1nc(-c2ccc(-c3ccccc3)cc2)cc(-c2cccc3oc4ccccc4c23)n1. The normalized spacial score (nSPS) is 11.3. The Labute approximate surface area is 198 Å². The first kappa shape index (κ1) is 19.2. The molecule has 6 aromatic rings. The zero-order valence-electron chi connectivity index (χ0n) is 17.0. The summed E-state index contributed by atoms with van der Waals surface area (Å²) < 4.78 is 6.78. The van der Waals surface area contributed by atoms with E-state index in [1.54, 1.807) is 0 Å². The summed E-state index contributed by atoms with van der Waals surface area (Å²) in [7, 11) is 0. The maximum Gasteiger partial charge on any atom is 0.191 e. The molecule has 4 heteroatoms. The summed E-state index contributed by atoms with van der Waals surface area (Å²) in [5.41, 5.74) is 8.06. The predicted molar refractivity (Wildman–Crippen MR) is 138 cm³/mol. The highest BCUT2D eigenvalue weighted by Gasteiger charge is 2.15. The van der Waals surface area contributed by atoms with Gasteiger partial charge in [-0.1, -0.05) is 84.9 Å². The number of nitrogens with zero attached hydrogens (tertiary/aromatic N) is 2. The highest BCUT2D eigenvalue weighted by molar-refractivity contribution is 14.1. The first-order valence-corrected chi connectivity index (χ1v) is 11.5. The molecule has 0 aliphatic rings. The lowest BCUT2D eigenvalue weighted by Gasteiger charge is -2.08. The average Bonchev–Trinajstić information content (AvgIpc) is 3.23. The van der Waals surface area contributed by atoms with E-state index in [0.29, 0.717) is 3.83 Å². The molecule has 6 rings (SSSR count). The highest BCUT2D eigenvalue weighted by atomic mass is 127. The van der Waals surface area contributed by atoms with Gasteiger partial charge in [0.05, 0.1) is 11.4 Å². The summed E-state index contributed by atoms with van der Waals surface area (Å²) in [6.07, 6.45) is 0. The van der Waals surface area contributed by atoms with Gasteiger partial charge in [-0.25, -0.2) is 9.97 Å². The standard InChI is InChI=1S/C28H17IN2O/c29-28-30-23(20-15-13-19(14-16-20)18-7-2-1-3-8-18)17-24(31-28)21-10-6-12-26-27(21)22-9-4-5-11-25(22)32-26/h1-17H. The summed E-state index contributed by atoms with van der Waals surface area (Å²) in [6.45, 7) is 0. The molecule has 0 N–H and O–H groups in total. The Kier molecular flexibility index (Phi) is 4.72. The van der Waals surface area contributed by atoms with Crippen LogP contribution in [0.25, 0.3) is 55.6 Å². The minimum absolute atomic E-state index is 0.715. The molecule has 32 heavy (non-hydrogen) atoms. The van der Waals surface area contributed by atoms with Gasteiger partial charge in [-0.15, -0.1) is 0 Å². The average molecular weight is 524 g/mol. The fourth-order valence-electron chi connectivity index (χ4n) is 4.16. The van der Waals surface area contributed by atoms with E-state index in [1.165, 1.54) is 11.1 Å². The maximum absolute atomic E-state index is 6.07. The Morgan fingerprint density at radius 1 is 0.562 bits per heavy atom. The molecule has 0 fully saturated rings. The first-order chi connectivity index (χ1) is 15.8. The molecule has 0 amide bonds. The van der Waals surface area contributed by atoms with Crippen LogP contribution in [0.5, 0.6) is 0 Å². The van der Waals surface area contributed by atoms with Gasteiger partial charge >= 0.3 is 0 Å². The molecular formula is C28H17IN2O. The van der Waals surface area contributed by atoms with Crippen LogP contribution in [0.1, 0.15) is 0 Å². The molecule has 0 aliphatic heterocycles. The Morgan fingerprint density at radius 3 is 2.06 bits per heavy atom. The number of para-hydroxylation sites is 1. The predicted octanol–water partition coefficient (Wildman–Crippen LogP) is 7.98. The molecule has 3 nitrogen and oxygen atoms in total. The second kappa shape index (κ2) is 7.88. The number of fused-ring (bicyclic) bond motifs is 3. The van der Waals surface area contributed by atoms with E-state index >= 15 is 0 Å². The summed E-state index contributed by atoms with van der Waals surface area (Å²) >= 11 is 2.20. The second-order valence-corrected chi connectivity index (χ2v) is 8.59. The van der Waals surface area contributed by atoms with E-state index in [4.69, 9.17) is 14.4 Å². The van der Waals surface area contributed by atoms with E-state index in [2.05, 4.69) is 89.3 Å². The fourth-order valence-corrected chi connectivity index (χ4v) is 4.68. The molecular weight excluding hydrogens is 507 g/mol. The molecule has 2 aromatic heterocycles. The van der Waals surface area contributed by atoms with Crippen LogP contribution in [0, 0.1) is 3.83 Å². The third-order valence-electron chi connectivity index (χ3n) is 5.67. The van der Waals surface area contributed by atoms with Crippen molar-refractivity contribution >= 4 is 44.5 Å². The zero-order chi connectivity index (χ0) is 21.5. The molecule has 0 bridgehead atoms. The van der Waals surface area contributed by atoms with Crippen LogP contribution in [0.4, 0.5) is 0 Å². The van der Waals surface area contributed by atoms with E-state index in [-0.39, 0.29) is 0 Å². The van der Waals surface area contributed by atoms with Gasteiger partial charge in [0.1, 0.15) is 11.2 Å². The van der Waals surface area contributed by atoms with Crippen molar-refractivity contribution in [3.8, 4) is 33.6 Å². The smallest absolute Gasteiger partial charge is 0.191 e. The van der Waals surface area contributed by atoms with Gasteiger partial charge in [0, 0.05) is 44.5 Å². The number of rotatable bonds is 3. The van der Waals surface area contributed by atoms with Crippen LogP contribution < -0.4 is 0 Å². The monoisotopic (exact) mass is 524 g/mol. The van der Waals surface area contributed by atoms with E-state index in [9.17, 15) is 0 Å². The molecule has 2 heterocycles. The number of benzene rings is 4. The summed E-state index contributed by atoms with van der Waals surface area (Å²) in [4.78, 5) is 9.48. The lowest BCUT2D eigenvalue weighted by molar-refractivity contribution is 0.669. The van der Waals surface area contributed by atoms with Gasteiger partial charge in [-0.2, -0.15) is 0 Å². The van der Waals surface area contributed by atoms with E-state index < -0.39 is 0 Å². The van der Waals surface area contributed by atoms with Crippen molar-refractivity contribution in [2.24, 2.45) is 0 Å². The molecule has 0 saturated heterocycles. The molecule has 0 aliphatic carbocycles. The first-order valence-electron chi connectivity index (χ1n) is 10.4. The lowest BCUT2D eigenvalue weighted by atomic mass is 10.0. The molecule has 0 radical (unpaired) electrons.